The molecule has 1 aromatic carbocycles. The van der Waals surface area contributed by atoms with Gasteiger partial charge in [-0.3, -0.25) is 4.79 Å². The second-order valence-corrected chi connectivity index (χ2v) is 5.36. The summed E-state index contributed by atoms with van der Waals surface area (Å²) in [5.74, 6) is -0.217. The van der Waals surface area contributed by atoms with Crippen LogP contribution in [0.25, 0.3) is 5.69 Å². The Morgan fingerprint density at radius 3 is 2.95 bits per heavy atom. The van der Waals surface area contributed by atoms with Crippen molar-refractivity contribution in [1.82, 2.24) is 20.3 Å². The van der Waals surface area contributed by atoms with Gasteiger partial charge in [0.2, 0.25) is 0 Å². The van der Waals surface area contributed by atoms with Gasteiger partial charge in [0.15, 0.2) is 5.69 Å². The summed E-state index contributed by atoms with van der Waals surface area (Å²) in [6.45, 7) is 3.12. The zero-order chi connectivity index (χ0) is 15.9. The number of carbonyl (C=O) groups excluding carboxylic acids is 1. The van der Waals surface area contributed by atoms with E-state index in [1.54, 1.807) is 16.8 Å². The summed E-state index contributed by atoms with van der Waals surface area (Å²) >= 11 is 6.03. The minimum absolute atomic E-state index is 0.217. The predicted octanol–water partition coefficient (Wildman–Crippen LogP) is 1.95. The highest BCUT2D eigenvalue weighted by molar-refractivity contribution is 6.30. The van der Waals surface area contributed by atoms with Gasteiger partial charge in [-0.2, -0.15) is 0 Å². The Hall–Kier alpha value is -1.92. The maximum atomic E-state index is 12.2. The molecule has 0 spiro atoms. The fraction of sp³-hybridized carbons (Fsp3) is 0.400. The molecule has 0 radical (unpaired) electrons. The molecule has 0 saturated carbocycles. The topological polar surface area (TPSA) is 85.8 Å². The lowest BCUT2D eigenvalue weighted by Crippen LogP contribution is -2.27. The smallest absolute Gasteiger partial charge is 0.273 e. The van der Waals surface area contributed by atoms with Gasteiger partial charge in [0.25, 0.3) is 5.91 Å². The molecular formula is C15H20ClN5O. The maximum absolute atomic E-state index is 12.2. The first-order valence-electron chi connectivity index (χ1n) is 7.36. The number of nitrogens with two attached hydrogens (primary N) is 1. The van der Waals surface area contributed by atoms with Gasteiger partial charge in [0.1, 0.15) is 0 Å². The lowest BCUT2D eigenvalue weighted by molar-refractivity contribution is 0.0947. The molecule has 0 atom stereocenters. The van der Waals surface area contributed by atoms with Crippen LogP contribution >= 0.6 is 11.6 Å². The van der Waals surface area contributed by atoms with Crippen LogP contribution in [0.5, 0.6) is 0 Å². The third-order valence-electron chi connectivity index (χ3n) is 3.18. The van der Waals surface area contributed by atoms with E-state index in [1.807, 2.05) is 19.1 Å². The number of nitrogens with zero attached hydrogens (tertiary/aromatic N) is 3. The van der Waals surface area contributed by atoms with Crippen LogP contribution in [0.1, 0.15) is 35.9 Å². The molecule has 0 aliphatic carbocycles. The van der Waals surface area contributed by atoms with Crippen molar-refractivity contribution in [1.29, 1.82) is 0 Å². The SMILES string of the molecule is CCCc1c(C(=O)NCCCN)nnn1-c1cccc(Cl)c1. The molecule has 2 aromatic rings. The number of halogens is 1. The van der Waals surface area contributed by atoms with Crippen LogP contribution in [0, 0.1) is 0 Å². The Balaban J connectivity index is 2.30. The fourth-order valence-corrected chi connectivity index (χ4v) is 2.33. The van der Waals surface area contributed by atoms with E-state index in [2.05, 4.69) is 15.6 Å². The quantitative estimate of drug-likeness (QED) is 0.763. The summed E-state index contributed by atoms with van der Waals surface area (Å²) in [7, 11) is 0. The Kier molecular flexibility index (Phi) is 5.91. The predicted molar refractivity (Wildman–Crippen MR) is 86.4 cm³/mol. The highest BCUT2D eigenvalue weighted by Gasteiger charge is 2.19. The summed E-state index contributed by atoms with van der Waals surface area (Å²) in [6, 6.07) is 7.32. The van der Waals surface area contributed by atoms with Crippen molar-refractivity contribution < 1.29 is 4.79 Å². The highest BCUT2D eigenvalue weighted by Crippen LogP contribution is 2.18. The van der Waals surface area contributed by atoms with Crippen LogP contribution in [-0.4, -0.2) is 34.0 Å². The minimum Gasteiger partial charge on any atom is -0.351 e. The molecule has 0 fully saturated rings. The van der Waals surface area contributed by atoms with E-state index in [0.717, 1.165) is 24.2 Å². The summed E-state index contributed by atoms with van der Waals surface area (Å²) in [5.41, 5.74) is 7.37. The van der Waals surface area contributed by atoms with Crippen LogP contribution in [0.15, 0.2) is 24.3 Å². The molecule has 1 heterocycles. The molecule has 0 aliphatic rings. The fourth-order valence-electron chi connectivity index (χ4n) is 2.14. The van der Waals surface area contributed by atoms with Gasteiger partial charge in [0.05, 0.1) is 11.4 Å². The summed E-state index contributed by atoms with van der Waals surface area (Å²) in [4.78, 5) is 12.2. The molecule has 2 rings (SSSR count). The minimum atomic E-state index is -0.217. The molecule has 1 aromatic heterocycles. The number of aromatic nitrogens is 3. The van der Waals surface area contributed by atoms with Crippen molar-refractivity contribution in [3.8, 4) is 5.69 Å². The van der Waals surface area contributed by atoms with Crippen molar-refractivity contribution in [2.75, 3.05) is 13.1 Å². The van der Waals surface area contributed by atoms with Crippen LogP contribution in [0.3, 0.4) is 0 Å². The first-order chi connectivity index (χ1) is 10.7. The Bertz CT molecular complexity index is 641. The van der Waals surface area contributed by atoms with Crippen LogP contribution in [0.4, 0.5) is 0 Å². The summed E-state index contributed by atoms with van der Waals surface area (Å²) in [6.07, 6.45) is 2.33. The van der Waals surface area contributed by atoms with E-state index in [4.69, 9.17) is 17.3 Å². The standard InChI is InChI=1S/C15H20ClN5O/c1-2-5-13-14(15(22)18-9-4-8-17)19-20-21(13)12-7-3-6-11(16)10-12/h3,6-7,10H,2,4-5,8-9,17H2,1H3,(H,18,22). The Morgan fingerprint density at radius 2 is 2.27 bits per heavy atom. The number of amides is 1. The molecule has 0 aliphatic heterocycles. The maximum Gasteiger partial charge on any atom is 0.273 e. The molecule has 0 unspecified atom stereocenters. The van der Waals surface area contributed by atoms with Gasteiger partial charge in [-0.25, -0.2) is 4.68 Å². The largest absolute Gasteiger partial charge is 0.351 e. The summed E-state index contributed by atoms with van der Waals surface area (Å²) < 4.78 is 1.67. The first-order valence-corrected chi connectivity index (χ1v) is 7.74. The van der Waals surface area contributed by atoms with Crippen molar-refractivity contribution in [2.24, 2.45) is 5.73 Å². The zero-order valence-electron chi connectivity index (χ0n) is 12.6. The van der Waals surface area contributed by atoms with Crippen molar-refractivity contribution in [3.05, 3.63) is 40.7 Å². The van der Waals surface area contributed by atoms with Gasteiger partial charge in [-0.15, -0.1) is 5.10 Å². The Morgan fingerprint density at radius 1 is 1.45 bits per heavy atom. The second kappa shape index (κ2) is 7.91. The number of nitrogens with one attached hydrogen (secondary N) is 1. The average Bonchev–Trinajstić information content (AvgIpc) is 2.91. The molecular weight excluding hydrogens is 302 g/mol. The molecule has 0 bridgehead atoms. The lowest BCUT2D eigenvalue weighted by Gasteiger charge is -2.08. The number of rotatable bonds is 7. The molecule has 3 N–H and O–H groups in total. The highest BCUT2D eigenvalue weighted by atomic mass is 35.5. The van der Waals surface area contributed by atoms with Gasteiger partial charge < -0.3 is 11.1 Å². The van der Waals surface area contributed by atoms with E-state index in [0.29, 0.717) is 30.2 Å². The zero-order valence-corrected chi connectivity index (χ0v) is 13.3. The second-order valence-electron chi connectivity index (χ2n) is 4.92. The molecule has 0 saturated heterocycles. The van der Waals surface area contributed by atoms with E-state index in [9.17, 15) is 4.79 Å². The van der Waals surface area contributed by atoms with Gasteiger partial charge >= 0.3 is 0 Å². The van der Waals surface area contributed by atoms with E-state index in [1.165, 1.54) is 0 Å². The average molecular weight is 322 g/mol. The van der Waals surface area contributed by atoms with Crippen molar-refractivity contribution >= 4 is 17.5 Å². The first kappa shape index (κ1) is 16.5. The third kappa shape index (κ3) is 3.84. The lowest BCUT2D eigenvalue weighted by atomic mass is 10.2. The number of hydrogen-bond acceptors (Lipinski definition) is 4. The molecule has 118 valence electrons. The summed E-state index contributed by atoms with van der Waals surface area (Å²) in [5, 5.41) is 11.6. The van der Waals surface area contributed by atoms with Gasteiger partial charge in [-0.1, -0.05) is 36.2 Å². The van der Waals surface area contributed by atoms with Crippen LogP contribution < -0.4 is 11.1 Å². The Labute approximate surface area is 134 Å². The van der Waals surface area contributed by atoms with E-state index in [-0.39, 0.29) is 5.91 Å². The van der Waals surface area contributed by atoms with Crippen LogP contribution in [-0.2, 0) is 6.42 Å². The van der Waals surface area contributed by atoms with E-state index >= 15 is 0 Å². The number of hydrogen-bond donors (Lipinski definition) is 2. The number of benzene rings is 1. The van der Waals surface area contributed by atoms with Gasteiger partial charge in [0, 0.05) is 11.6 Å². The van der Waals surface area contributed by atoms with Crippen LogP contribution in [0.2, 0.25) is 5.02 Å². The molecule has 22 heavy (non-hydrogen) atoms. The molecule has 7 heteroatoms. The third-order valence-corrected chi connectivity index (χ3v) is 3.42. The molecule has 1 amide bonds. The van der Waals surface area contributed by atoms with Gasteiger partial charge in [-0.05, 0) is 37.6 Å². The monoisotopic (exact) mass is 321 g/mol. The normalized spacial score (nSPS) is 10.7. The van der Waals surface area contributed by atoms with Crippen molar-refractivity contribution in [3.63, 3.8) is 0 Å². The molecule has 6 nitrogen and oxygen atoms in total. The van der Waals surface area contributed by atoms with E-state index < -0.39 is 0 Å². The number of carbonyl (C=O) groups is 1. The van der Waals surface area contributed by atoms with Crippen molar-refractivity contribution in [2.45, 2.75) is 26.2 Å².